The molecule has 0 radical (unpaired) electrons. The highest BCUT2D eigenvalue weighted by atomic mass is 32.2. The normalized spacial score (nSPS) is 15.9. The fourth-order valence-corrected chi connectivity index (χ4v) is 3.55. The number of methoxy groups -OCH3 is 1. The Balaban J connectivity index is 2.00. The van der Waals surface area contributed by atoms with E-state index in [9.17, 15) is 19.7 Å². The van der Waals surface area contributed by atoms with Gasteiger partial charge in [0.25, 0.3) is 5.91 Å². The van der Waals surface area contributed by atoms with Crippen molar-refractivity contribution in [1.29, 1.82) is 0 Å². The number of carbonyl (C=O) groups excluding carboxylic acids is 2. The molecule has 1 aliphatic rings. The lowest BCUT2D eigenvalue weighted by Crippen LogP contribution is -2.19. The van der Waals surface area contributed by atoms with Crippen LogP contribution in [-0.4, -0.2) is 29.1 Å². The summed E-state index contributed by atoms with van der Waals surface area (Å²) in [7, 11) is 1.23. The average molecular weight is 427 g/mol. The monoisotopic (exact) mass is 427 g/mol. The molecule has 0 bridgehead atoms. The summed E-state index contributed by atoms with van der Waals surface area (Å²) in [6, 6.07) is 10.2. The molecule has 3 rings (SSSR count). The van der Waals surface area contributed by atoms with Crippen molar-refractivity contribution in [2.45, 2.75) is 13.8 Å². The molecule has 154 valence electrons. The molecule has 1 N–H and O–H groups in total. The SMILES string of the molecule is COc1c(OC(C)=O)ccc(/C=C2\SC(=Nc3ccccc3C)NC2=O)c1[N+](=O)[O-]. The molecule has 0 unspecified atom stereocenters. The maximum atomic E-state index is 12.4. The number of para-hydroxylation sites is 1. The Morgan fingerprint density at radius 2 is 2.00 bits per heavy atom. The Morgan fingerprint density at radius 3 is 2.63 bits per heavy atom. The van der Waals surface area contributed by atoms with Gasteiger partial charge in [0.15, 0.2) is 10.9 Å². The van der Waals surface area contributed by atoms with Gasteiger partial charge in [0.05, 0.1) is 28.2 Å². The summed E-state index contributed by atoms with van der Waals surface area (Å²) in [4.78, 5) is 39.3. The standard InChI is InChI=1S/C20H17N3O6S/c1-11-6-4-5-7-14(11)21-20-22-19(25)16(30-20)10-13-8-9-15(29-12(2)24)18(28-3)17(13)23(26)27/h4-10H,1-3H3,(H,21,22,25)/b16-10-. The number of hydrogen-bond donors (Lipinski definition) is 1. The number of nitrogens with one attached hydrogen (secondary N) is 1. The molecule has 2 aromatic rings. The Morgan fingerprint density at radius 1 is 1.27 bits per heavy atom. The molecule has 0 spiro atoms. The molecule has 9 nitrogen and oxygen atoms in total. The van der Waals surface area contributed by atoms with Crippen LogP contribution in [0.15, 0.2) is 46.3 Å². The molecule has 1 fully saturated rings. The summed E-state index contributed by atoms with van der Waals surface area (Å²) in [5.41, 5.74) is 1.36. The van der Waals surface area contributed by atoms with Gasteiger partial charge in [0.2, 0.25) is 5.75 Å². The first-order chi connectivity index (χ1) is 14.3. The van der Waals surface area contributed by atoms with Crippen molar-refractivity contribution in [3.8, 4) is 11.5 Å². The Bertz CT molecular complexity index is 1110. The van der Waals surface area contributed by atoms with Crippen LogP contribution < -0.4 is 14.8 Å². The van der Waals surface area contributed by atoms with Crippen molar-refractivity contribution in [2.24, 2.45) is 4.99 Å². The fourth-order valence-electron chi connectivity index (χ4n) is 2.73. The fraction of sp³-hybridized carbons (Fsp3) is 0.150. The quantitative estimate of drug-likeness (QED) is 0.254. The second-order valence-electron chi connectivity index (χ2n) is 6.15. The minimum Gasteiger partial charge on any atom is -0.488 e. The van der Waals surface area contributed by atoms with E-state index in [1.807, 2.05) is 31.2 Å². The first-order valence-corrected chi connectivity index (χ1v) is 9.50. The lowest BCUT2D eigenvalue weighted by Gasteiger charge is -2.10. The van der Waals surface area contributed by atoms with Gasteiger partial charge in [-0.15, -0.1) is 0 Å². The Kier molecular flexibility index (Phi) is 6.17. The van der Waals surface area contributed by atoms with Crippen molar-refractivity contribution >= 4 is 46.3 Å². The maximum absolute atomic E-state index is 12.4. The van der Waals surface area contributed by atoms with Gasteiger partial charge in [-0.2, -0.15) is 0 Å². The third-order valence-electron chi connectivity index (χ3n) is 4.04. The van der Waals surface area contributed by atoms with Crippen molar-refractivity contribution in [3.63, 3.8) is 0 Å². The first-order valence-electron chi connectivity index (χ1n) is 8.69. The highest BCUT2D eigenvalue weighted by molar-refractivity contribution is 8.18. The highest BCUT2D eigenvalue weighted by Crippen LogP contribution is 2.41. The van der Waals surface area contributed by atoms with Crippen LogP contribution in [0.25, 0.3) is 6.08 Å². The lowest BCUT2D eigenvalue weighted by atomic mass is 10.1. The van der Waals surface area contributed by atoms with Crippen molar-refractivity contribution in [2.75, 3.05) is 7.11 Å². The number of benzene rings is 2. The van der Waals surface area contributed by atoms with Crippen LogP contribution in [0.1, 0.15) is 18.1 Å². The number of rotatable bonds is 5. The second-order valence-corrected chi connectivity index (χ2v) is 7.18. The van der Waals surface area contributed by atoms with E-state index >= 15 is 0 Å². The van der Waals surface area contributed by atoms with Crippen LogP contribution in [0, 0.1) is 17.0 Å². The van der Waals surface area contributed by atoms with Crippen molar-refractivity contribution in [3.05, 3.63) is 62.5 Å². The number of ether oxygens (including phenoxy) is 2. The number of amides is 1. The lowest BCUT2D eigenvalue weighted by molar-refractivity contribution is -0.386. The molecule has 1 aliphatic heterocycles. The molecular weight excluding hydrogens is 410 g/mol. The second kappa shape index (κ2) is 8.78. The molecule has 1 heterocycles. The van der Waals surface area contributed by atoms with Crippen LogP contribution in [0.2, 0.25) is 0 Å². The number of aryl methyl sites for hydroxylation is 1. The van der Waals surface area contributed by atoms with E-state index in [1.54, 1.807) is 0 Å². The topological polar surface area (TPSA) is 120 Å². The number of amidine groups is 1. The van der Waals surface area contributed by atoms with E-state index in [0.29, 0.717) is 10.9 Å². The van der Waals surface area contributed by atoms with Crippen LogP contribution in [0.4, 0.5) is 11.4 Å². The van der Waals surface area contributed by atoms with Crippen LogP contribution in [0.5, 0.6) is 11.5 Å². The molecule has 0 aromatic heterocycles. The summed E-state index contributed by atoms with van der Waals surface area (Å²) < 4.78 is 10.1. The van der Waals surface area contributed by atoms with Crippen molar-refractivity contribution in [1.82, 2.24) is 5.32 Å². The Hall–Kier alpha value is -3.66. The molecule has 1 amide bonds. The van der Waals surface area contributed by atoms with Gasteiger partial charge in [-0.1, -0.05) is 18.2 Å². The van der Waals surface area contributed by atoms with Gasteiger partial charge >= 0.3 is 11.7 Å². The first kappa shape index (κ1) is 21.1. The zero-order valence-corrected chi connectivity index (χ0v) is 17.1. The number of esters is 1. The average Bonchev–Trinajstić information content (AvgIpc) is 3.02. The van der Waals surface area contributed by atoms with Crippen LogP contribution in [-0.2, 0) is 9.59 Å². The van der Waals surface area contributed by atoms with Gasteiger partial charge in [-0.05, 0) is 48.5 Å². The molecule has 30 heavy (non-hydrogen) atoms. The number of nitro groups is 1. The van der Waals surface area contributed by atoms with Gasteiger partial charge < -0.3 is 14.8 Å². The molecule has 2 aromatic carbocycles. The van der Waals surface area contributed by atoms with E-state index < -0.39 is 22.5 Å². The predicted octanol–water partition coefficient (Wildman–Crippen LogP) is 3.73. The number of hydrogen-bond acceptors (Lipinski definition) is 8. The zero-order valence-electron chi connectivity index (χ0n) is 16.3. The molecule has 0 aliphatic carbocycles. The number of aliphatic imine (C=N–C) groups is 1. The summed E-state index contributed by atoms with van der Waals surface area (Å²) >= 11 is 1.07. The molecule has 0 atom stereocenters. The summed E-state index contributed by atoms with van der Waals surface area (Å²) in [5, 5.41) is 14.7. The van der Waals surface area contributed by atoms with E-state index in [4.69, 9.17) is 9.47 Å². The predicted molar refractivity (Wildman–Crippen MR) is 113 cm³/mol. The maximum Gasteiger partial charge on any atom is 0.322 e. The third-order valence-corrected chi connectivity index (χ3v) is 4.95. The van der Waals surface area contributed by atoms with E-state index in [2.05, 4.69) is 10.3 Å². The minimum absolute atomic E-state index is 0.0795. The molecular formula is C20H17N3O6S. The van der Waals surface area contributed by atoms with E-state index in [1.165, 1.54) is 32.2 Å². The van der Waals surface area contributed by atoms with E-state index in [-0.39, 0.29) is 22.0 Å². The highest BCUT2D eigenvalue weighted by Gasteiger charge is 2.29. The van der Waals surface area contributed by atoms with Gasteiger partial charge in [-0.25, -0.2) is 4.99 Å². The summed E-state index contributed by atoms with van der Waals surface area (Å²) in [6.45, 7) is 3.08. The van der Waals surface area contributed by atoms with Crippen LogP contribution >= 0.6 is 11.8 Å². The van der Waals surface area contributed by atoms with Gasteiger partial charge in [0.1, 0.15) is 0 Å². The van der Waals surface area contributed by atoms with Gasteiger partial charge in [-0.3, -0.25) is 19.7 Å². The molecule has 0 saturated carbocycles. The number of nitro benzene ring substituents is 1. The third kappa shape index (κ3) is 4.49. The largest absolute Gasteiger partial charge is 0.488 e. The molecule has 10 heteroatoms. The smallest absolute Gasteiger partial charge is 0.322 e. The number of nitrogens with zero attached hydrogens (tertiary/aromatic N) is 2. The van der Waals surface area contributed by atoms with E-state index in [0.717, 1.165) is 17.3 Å². The van der Waals surface area contributed by atoms with Gasteiger partial charge in [0, 0.05) is 6.92 Å². The summed E-state index contributed by atoms with van der Waals surface area (Å²) in [5.74, 6) is -1.35. The number of carbonyl (C=O) groups is 2. The minimum atomic E-state index is -0.655. The number of thioether (sulfide) groups is 1. The van der Waals surface area contributed by atoms with Crippen LogP contribution in [0.3, 0.4) is 0 Å². The molecule has 1 saturated heterocycles. The zero-order chi connectivity index (χ0) is 21.8. The Labute approximate surface area is 175 Å². The summed E-state index contributed by atoms with van der Waals surface area (Å²) in [6.07, 6.45) is 1.37. The van der Waals surface area contributed by atoms with Crippen molar-refractivity contribution < 1.29 is 24.0 Å².